The van der Waals surface area contributed by atoms with E-state index in [1.807, 2.05) is 13.8 Å². The number of benzene rings is 2. The molecule has 0 aliphatic heterocycles. The van der Waals surface area contributed by atoms with Crippen LogP contribution in [0.1, 0.15) is 22.9 Å². The number of halogens is 2. The number of amides is 1. The second-order valence-electron chi connectivity index (χ2n) is 7.07. The average molecular weight is 457 g/mol. The summed E-state index contributed by atoms with van der Waals surface area (Å²) in [7, 11) is 0. The lowest BCUT2D eigenvalue weighted by atomic mass is 10.1. The summed E-state index contributed by atoms with van der Waals surface area (Å²) in [6.07, 6.45) is -0.00517. The molecule has 0 bridgehead atoms. The first-order chi connectivity index (χ1) is 14.7. The van der Waals surface area contributed by atoms with Gasteiger partial charge in [-0.3, -0.25) is 4.79 Å². The molecular weight excluding hydrogens is 439 g/mol. The van der Waals surface area contributed by atoms with Crippen LogP contribution in [0.15, 0.2) is 42.7 Å². The van der Waals surface area contributed by atoms with Crippen molar-refractivity contribution < 1.29 is 9.90 Å². The van der Waals surface area contributed by atoms with E-state index in [-0.39, 0.29) is 5.82 Å². The normalized spacial score (nSPS) is 12.2. The Balaban J connectivity index is 1.62. The minimum absolute atomic E-state index is 0.277. The number of fused-ring (bicyclic) bond motifs is 1. The fourth-order valence-electron chi connectivity index (χ4n) is 3.33. The van der Waals surface area contributed by atoms with Gasteiger partial charge in [0.05, 0.1) is 16.4 Å². The molecule has 158 valence electrons. The Kier molecular flexibility index (Phi) is 5.53. The van der Waals surface area contributed by atoms with Crippen LogP contribution in [0, 0.1) is 13.8 Å². The van der Waals surface area contributed by atoms with Crippen molar-refractivity contribution in [2.24, 2.45) is 0 Å². The van der Waals surface area contributed by atoms with E-state index in [1.54, 1.807) is 41.1 Å². The van der Waals surface area contributed by atoms with Gasteiger partial charge in [-0.25, -0.2) is 14.6 Å². The number of nitrogens with zero attached hydrogens (tertiary/aromatic N) is 4. The van der Waals surface area contributed by atoms with Crippen molar-refractivity contribution in [2.75, 3.05) is 11.1 Å². The first-order valence-electron chi connectivity index (χ1n) is 9.26. The Labute approximate surface area is 187 Å². The summed E-state index contributed by atoms with van der Waals surface area (Å²) < 4.78 is 1.57. The van der Waals surface area contributed by atoms with E-state index in [0.717, 1.165) is 5.56 Å². The van der Waals surface area contributed by atoms with E-state index < -0.39 is 12.0 Å². The highest BCUT2D eigenvalue weighted by Crippen LogP contribution is 2.30. The first kappa shape index (κ1) is 21.0. The van der Waals surface area contributed by atoms with Crippen LogP contribution in [0.3, 0.4) is 0 Å². The fraction of sp³-hybridized carbons (Fsp3) is 0.143. The maximum Gasteiger partial charge on any atom is 0.257 e. The second kappa shape index (κ2) is 8.14. The Hall–Kier alpha value is -3.20. The molecule has 0 saturated carbocycles. The summed E-state index contributed by atoms with van der Waals surface area (Å²) in [6, 6.07) is 9.89. The van der Waals surface area contributed by atoms with Gasteiger partial charge in [0.25, 0.3) is 5.91 Å². The van der Waals surface area contributed by atoms with Gasteiger partial charge in [0.1, 0.15) is 17.4 Å². The zero-order chi connectivity index (χ0) is 22.3. The van der Waals surface area contributed by atoms with E-state index in [0.29, 0.717) is 43.7 Å². The molecule has 10 heteroatoms. The van der Waals surface area contributed by atoms with E-state index in [1.165, 1.54) is 6.33 Å². The van der Waals surface area contributed by atoms with Crippen molar-refractivity contribution in [1.82, 2.24) is 19.7 Å². The fourth-order valence-corrected chi connectivity index (χ4v) is 3.89. The number of nitrogens with one attached hydrogen (secondary N) is 1. The van der Waals surface area contributed by atoms with Crippen LogP contribution < -0.4 is 11.1 Å². The molecule has 4 N–H and O–H groups in total. The smallest absolute Gasteiger partial charge is 0.257 e. The van der Waals surface area contributed by atoms with Crippen LogP contribution in [0.4, 0.5) is 11.5 Å². The maximum absolute atomic E-state index is 12.5. The lowest BCUT2D eigenvalue weighted by Gasteiger charge is -2.14. The Bertz CT molecular complexity index is 1300. The number of rotatable bonds is 4. The first-order valence-corrected chi connectivity index (χ1v) is 10.0. The van der Waals surface area contributed by atoms with Crippen LogP contribution in [0.2, 0.25) is 10.0 Å². The van der Waals surface area contributed by atoms with Gasteiger partial charge in [0.15, 0.2) is 11.9 Å². The van der Waals surface area contributed by atoms with E-state index in [2.05, 4.69) is 20.4 Å². The summed E-state index contributed by atoms with van der Waals surface area (Å²) in [5.74, 6) is -0.331. The van der Waals surface area contributed by atoms with Crippen molar-refractivity contribution in [3.05, 3.63) is 69.6 Å². The number of aliphatic hydroxyl groups excluding tert-OH is 1. The quantitative estimate of drug-likeness (QED) is 0.426. The molecule has 31 heavy (non-hydrogen) atoms. The summed E-state index contributed by atoms with van der Waals surface area (Å²) in [4.78, 5) is 20.8. The monoisotopic (exact) mass is 456 g/mol. The molecule has 2 heterocycles. The lowest BCUT2D eigenvalue weighted by Crippen LogP contribution is -2.21. The van der Waals surface area contributed by atoms with Crippen LogP contribution in [0.25, 0.3) is 16.7 Å². The molecule has 1 atom stereocenters. The van der Waals surface area contributed by atoms with Crippen molar-refractivity contribution in [2.45, 2.75) is 20.0 Å². The van der Waals surface area contributed by atoms with Crippen molar-refractivity contribution in [3.63, 3.8) is 0 Å². The highest BCUT2D eigenvalue weighted by Gasteiger charge is 2.20. The molecule has 2 aromatic carbocycles. The van der Waals surface area contributed by atoms with E-state index in [9.17, 15) is 9.90 Å². The second-order valence-corrected chi connectivity index (χ2v) is 7.92. The van der Waals surface area contributed by atoms with Gasteiger partial charge < -0.3 is 16.2 Å². The molecule has 0 saturated heterocycles. The molecule has 0 spiro atoms. The SMILES string of the molecule is Cc1cc(Cl)cc(C(O)C(=O)Nc2ccc(-n3nc(C)c4ncnc(N)c43)c(Cl)c2)c1. The Morgan fingerprint density at radius 1 is 1.16 bits per heavy atom. The topological polar surface area (TPSA) is 119 Å². The number of aryl methyl sites for hydroxylation is 2. The maximum atomic E-state index is 12.5. The molecule has 0 aliphatic carbocycles. The van der Waals surface area contributed by atoms with Gasteiger partial charge >= 0.3 is 0 Å². The molecule has 0 aliphatic rings. The average Bonchev–Trinajstić information content (AvgIpc) is 3.04. The van der Waals surface area contributed by atoms with Crippen LogP contribution in [-0.4, -0.2) is 30.8 Å². The number of anilines is 2. The number of aromatic nitrogens is 4. The summed E-state index contributed by atoms with van der Waals surface area (Å²) in [5.41, 5.74) is 10.1. The minimum atomic E-state index is -1.38. The molecule has 4 aromatic rings. The molecular formula is C21H18Cl2N6O2. The standard InChI is InChI=1S/C21H18Cl2N6O2/c1-10-5-12(7-13(22)6-10)19(30)21(31)27-14-3-4-16(15(23)8-14)29-18-17(11(2)28-29)25-9-26-20(18)24/h3-9,19,30H,1-2H3,(H,27,31)(H2,24,25,26). The van der Waals surface area contributed by atoms with Gasteiger partial charge in [0.2, 0.25) is 0 Å². The summed E-state index contributed by atoms with van der Waals surface area (Å²) >= 11 is 12.5. The number of carbonyl (C=O) groups is 1. The van der Waals surface area contributed by atoms with E-state index in [4.69, 9.17) is 28.9 Å². The van der Waals surface area contributed by atoms with Gasteiger partial charge in [0, 0.05) is 10.7 Å². The zero-order valence-corrected chi connectivity index (χ0v) is 18.1. The summed E-state index contributed by atoms with van der Waals surface area (Å²) in [5, 5.41) is 18.3. The number of nitrogen functional groups attached to an aromatic ring is 1. The Morgan fingerprint density at radius 3 is 2.65 bits per heavy atom. The third kappa shape index (κ3) is 4.05. The highest BCUT2D eigenvalue weighted by molar-refractivity contribution is 6.33. The van der Waals surface area contributed by atoms with Crippen LogP contribution >= 0.6 is 23.2 Å². The molecule has 1 amide bonds. The molecule has 2 aromatic heterocycles. The molecule has 0 fully saturated rings. The number of aliphatic hydroxyl groups is 1. The van der Waals surface area contributed by atoms with Crippen LogP contribution in [0.5, 0.6) is 0 Å². The predicted octanol–water partition coefficient (Wildman–Crippen LogP) is 3.99. The molecule has 8 nitrogen and oxygen atoms in total. The van der Waals surface area contributed by atoms with Gasteiger partial charge in [-0.15, -0.1) is 0 Å². The number of hydrogen-bond donors (Lipinski definition) is 3. The van der Waals surface area contributed by atoms with Gasteiger partial charge in [-0.1, -0.05) is 29.3 Å². The van der Waals surface area contributed by atoms with Gasteiger partial charge in [-0.2, -0.15) is 5.10 Å². The van der Waals surface area contributed by atoms with Crippen molar-refractivity contribution in [3.8, 4) is 5.69 Å². The third-order valence-corrected chi connectivity index (χ3v) is 5.25. The lowest BCUT2D eigenvalue weighted by molar-refractivity contribution is -0.124. The van der Waals surface area contributed by atoms with Crippen molar-refractivity contribution >= 4 is 51.6 Å². The summed E-state index contributed by atoms with van der Waals surface area (Å²) in [6.45, 7) is 3.64. The zero-order valence-electron chi connectivity index (χ0n) is 16.6. The predicted molar refractivity (Wildman–Crippen MR) is 121 cm³/mol. The third-order valence-electron chi connectivity index (χ3n) is 4.73. The number of nitrogens with two attached hydrogens (primary N) is 1. The largest absolute Gasteiger partial charge is 0.382 e. The minimum Gasteiger partial charge on any atom is -0.382 e. The number of carbonyl (C=O) groups excluding carboxylic acids is 1. The number of hydrogen-bond acceptors (Lipinski definition) is 6. The highest BCUT2D eigenvalue weighted by atomic mass is 35.5. The molecule has 1 unspecified atom stereocenters. The van der Waals surface area contributed by atoms with Crippen LogP contribution in [-0.2, 0) is 4.79 Å². The van der Waals surface area contributed by atoms with Crippen molar-refractivity contribution in [1.29, 1.82) is 0 Å². The Morgan fingerprint density at radius 2 is 1.94 bits per heavy atom. The molecule has 0 radical (unpaired) electrons. The van der Waals surface area contributed by atoms with Gasteiger partial charge in [-0.05, 0) is 55.3 Å². The van der Waals surface area contributed by atoms with E-state index >= 15 is 0 Å². The molecule has 4 rings (SSSR count).